The van der Waals surface area contributed by atoms with Crippen LogP contribution in [0.25, 0.3) is 0 Å². The number of carbonyl (C=O) groups is 1. The lowest BCUT2D eigenvalue weighted by molar-refractivity contribution is 0.0156. The summed E-state index contributed by atoms with van der Waals surface area (Å²) in [5.41, 5.74) is 0.795. The van der Waals surface area contributed by atoms with Gasteiger partial charge in [-0.05, 0) is 52.2 Å². The van der Waals surface area contributed by atoms with E-state index in [-0.39, 0.29) is 11.6 Å². The number of carbonyl (C=O) groups excluding carboxylic acids is 1. The average Bonchev–Trinajstić information content (AvgIpc) is 2.45. The molecule has 5 heteroatoms. The summed E-state index contributed by atoms with van der Waals surface area (Å²) in [6.45, 7) is 10.2. The van der Waals surface area contributed by atoms with Crippen molar-refractivity contribution in [1.29, 1.82) is 0 Å². The van der Waals surface area contributed by atoms with Crippen molar-refractivity contribution in [2.45, 2.75) is 58.2 Å². The van der Waals surface area contributed by atoms with E-state index in [2.05, 4.69) is 23.3 Å². The van der Waals surface area contributed by atoms with Crippen LogP contribution >= 0.6 is 0 Å². The first kappa shape index (κ1) is 16.7. The molecule has 2 heterocycles. The largest absolute Gasteiger partial charge is 0.444 e. The maximum Gasteiger partial charge on any atom is 0.410 e. The van der Waals surface area contributed by atoms with Crippen molar-refractivity contribution >= 4 is 6.09 Å². The van der Waals surface area contributed by atoms with Crippen LogP contribution in [-0.2, 0) is 11.3 Å². The standard InChI is InChI=1S/C17H27N3O2/c1-16(2,3)22-15(21)20-10-7-17(4,8-11-20)19-13-14-6-5-9-18-12-14/h5-6,9,12,19H,7-8,10-11,13H2,1-4H3. The molecule has 0 saturated carbocycles. The zero-order valence-corrected chi connectivity index (χ0v) is 14.1. The van der Waals surface area contributed by atoms with E-state index >= 15 is 0 Å². The minimum absolute atomic E-state index is 0.0500. The number of ether oxygens (including phenoxy) is 1. The van der Waals surface area contributed by atoms with Gasteiger partial charge in [0.1, 0.15) is 5.60 Å². The molecule has 1 aliphatic rings. The molecule has 0 spiro atoms. The second kappa shape index (κ2) is 6.65. The third-order valence-corrected chi connectivity index (χ3v) is 3.96. The maximum absolute atomic E-state index is 12.1. The van der Waals surface area contributed by atoms with Gasteiger partial charge in [-0.1, -0.05) is 6.07 Å². The van der Waals surface area contributed by atoms with E-state index in [1.54, 1.807) is 11.1 Å². The van der Waals surface area contributed by atoms with E-state index in [1.165, 1.54) is 5.56 Å². The summed E-state index contributed by atoms with van der Waals surface area (Å²) in [6, 6.07) is 4.02. The fraction of sp³-hybridized carbons (Fsp3) is 0.647. The Labute approximate surface area is 133 Å². The Morgan fingerprint density at radius 2 is 2.09 bits per heavy atom. The van der Waals surface area contributed by atoms with Gasteiger partial charge in [0.15, 0.2) is 0 Å². The van der Waals surface area contributed by atoms with Gasteiger partial charge >= 0.3 is 6.09 Å². The normalized spacial score (nSPS) is 18.1. The van der Waals surface area contributed by atoms with E-state index in [0.717, 1.165) is 32.5 Å². The first-order valence-electron chi connectivity index (χ1n) is 7.89. The Hall–Kier alpha value is -1.62. The Bertz CT molecular complexity index is 488. The second-order valence-corrected chi connectivity index (χ2v) is 7.24. The molecule has 0 unspecified atom stereocenters. The van der Waals surface area contributed by atoms with E-state index in [1.807, 2.05) is 33.0 Å². The predicted molar refractivity (Wildman–Crippen MR) is 86.5 cm³/mol. The van der Waals surface area contributed by atoms with Crippen molar-refractivity contribution in [2.75, 3.05) is 13.1 Å². The van der Waals surface area contributed by atoms with Crippen molar-refractivity contribution in [2.24, 2.45) is 0 Å². The van der Waals surface area contributed by atoms with Crippen LogP contribution in [0.5, 0.6) is 0 Å². The molecule has 5 nitrogen and oxygen atoms in total. The molecule has 1 N–H and O–H groups in total. The van der Waals surface area contributed by atoms with E-state index < -0.39 is 5.60 Å². The van der Waals surface area contributed by atoms with E-state index in [9.17, 15) is 4.79 Å². The summed E-state index contributed by atoms with van der Waals surface area (Å²) >= 11 is 0. The lowest BCUT2D eigenvalue weighted by atomic mass is 9.89. The number of nitrogens with one attached hydrogen (secondary N) is 1. The van der Waals surface area contributed by atoms with E-state index in [4.69, 9.17) is 4.74 Å². The molecule has 1 aliphatic heterocycles. The topological polar surface area (TPSA) is 54.5 Å². The van der Waals surface area contributed by atoms with Gasteiger partial charge in [-0.2, -0.15) is 0 Å². The van der Waals surface area contributed by atoms with Gasteiger partial charge in [0.05, 0.1) is 0 Å². The summed E-state index contributed by atoms with van der Waals surface area (Å²) in [4.78, 5) is 18.0. The van der Waals surface area contributed by atoms with Crippen molar-refractivity contribution < 1.29 is 9.53 Å². The van der Waals surface area contributed by atoms with Crippen molar-refractivity contribution in [3.8, 4) is 0 Å². The number of likely N-dealkylation sites (tertiary alicyclic amines) is 1. The van der Waals surface area contributed by atoms with Crippen LogP contribution in [0.4, 0.5) is 4.79 Å². The summed E-state index contributed by atoms with van der Waals surface area (Å²) in [5.74, 6) is 0. The number of hydrogen-bond donors (Lipinski definition) is 1. The highest BCUT2D eigenvalue weighted by Gasteiger charge is 2.33. The van der Waals surface area contributed by atoms with E-state index in [0.29, 0.717) is 0 Å². The summed E-state index contributed by atoms with van der Waals surface area (Å²) < 4.78 is 5.43. The fourth-order valence-electron chi connectivity index (χ4n) is 2.50. The third kappa shape index (κ3) is 4.98. The highest BCUT2D eigenvalue weighted by Crippen LogP contribution is 2.23. The predicted octanol–water partition coefficient (Wildman–Crippen LogP) is 2.96. The molecule has 0 radical (unpaired) electrons. The van der Waals surface area contributed by atoms with Crippen molar-refractivity contribution in [3.05, 3.63) is 30.1 Å². The number of piperidine rings is 1. The first-order chi connectivity index (χ1) is 10.3. The van der Waals surface area contributed by atoms with Crippen LogP contribution < -0.4 is 5.32 Å². The number of pyridine rings is 1. The molecule has 0 aromatic carbocycles. The zero-order chi connectivity index (χ0) is 16.2. The molecule has 1 aromatic heterocycles. The van der Waals surface area contributed by atoms with Crippen molar-refractivity contribution in [3.63, 3.8) is 0 Å². The maximum atomic E-state index is 12.1. The fourth-order valence-corrected chi connectivity index (χ4v) is 2.50. The summed E-state index contributed by atoms with van der Waals surface area (Å²) in [5, 5.41) is 3.60. The lowest BCUT2D eigenvalue weighted by Gasteiger charge is -2.40. The van der Waals surface area contributed by atoms with Gasteiger partial charge in [-0.3, -0.25) is 4.98 Å². The second-order valence-electron chi connectivity index (χ2n) is 7.24. The number of hydrogen-bond acceptors (Lipinski definition) is 4. The highest BCUT2D eigenvalue weighted by atomic mass is 16.6. The Balaban J connectivity index is 1.81. The first-order valence-corrected chi connectivity index (χ1v) is 7.89. The molecular weight excluding hydrogens is 278 g/mol. The molecule has 1 fully saturated rings. The quantitative estimate of drug-likeness (QED) is 0.933. The van der Waals surface area contributed by atoms with Crippen LogP contribution in [0, 0.1) is 0 Å². The molecule has 0 atom stereocenters. The molecule has 1 aromatic rings. The number of nitrogens with zero attached hydrogens (tertiary/aromatic N) is 2. The smallest absolute Gasteiger partial charge is 0.410 e. The lowest BCUT2D eigenvalue weighted by Crippen LogP contribution is -2.53. The molecule has 1 amide bonds. The minimum atomic E-state index is -0.434. The Kier molecular flexibility index (Phi) is 5.06. The van der Waals surface area contributed by atoms with Crippen LogP contribution in [-0.4, -0.2) is 40.2 Å². The molecule has 2 rings (SSSR count). The SMILES string of the molecule is CC1(NCc2cccnc2)CCN(C(=O)OC(C)(C)C)CC1. The highest BCUT2D eigenvalue weighted by molar-refractivity contribution is 5.68. The minimum Gasteiger partial charge on any atom is -0.444 e. The molecular formula is C17H27N3O2. The number of amides is 1. The molecule has 22 heavy (non-hydrogen) atoms. The Morgan fingerprint density at radius 1 is 1.41 bits per heavy atom. The monoisotopic (exact) mass is 305 g/mol. The molecule has 1 saturated heterocycles. The van der Waals surface area contributed by atoms with Crippen LogP contribution in [0.3, 0.4) is 0 Å². The van der Waals surface area contributed by atoms with Gasteiger partial charge in [-0.25, -0.2) is 4.79 Å². The number of aromatic nitrogens is 1. The summed E-state index contributed by atoms with van der Waals surface area (Å²) in [6.07, 6.45) is 5.30. The van der Waals surface area contributed by atoms with Crippen LogP contribution in [0.15, 0.2) is 24.5 Å². The summed E-state index contributed by atoms with van der Waals surface area (Å²) in [7, 11) is 0. The van der Waals surface area contributed by atoms with Gasteiger partial charge in [0, 0.05) is 37.6 Å². The third-order valence-electron chi connectivity index (χ3n) is 3.96. The average molecular weight is 305 g/mol. The molecule has 0 aliphatic carbocycles. The molecule has 122 valence electrons. The zero-order valence-electron chi connectivity index (χ0n) is 14.1. The van der Waals surface area contributed by atoms with Crippen LogP contribution in [0.1, 0.15) is 46.1 Å². The van der Waals surface area contributed by atoms with Crippen molar-refractivity contribution in [1.82, 2.24) is 15.2 Å². The molecule has 0 bridgehead atoms. The number of rotatable bonds is 3. The Morgan fingerprint density at radius 3 is 2.64 bits per heavy atom. The van der Waals surface area contributed by atoms with Gasteiger partial charge < -0.3 is 15.0 Å². The van der Waals surface area contributed by atoms with Gasteiger partial charge in [0.25, 0.3) is 0 Å². The van der Waals surface area contributed by atoms with Gasteiger partial charge in [-0.15, -0.1) is 0 Å². The van der Waals surface area contributed by atoms with Crippen LogP contribution in [0.2, 0.25) is 0 Å². The van der Waals surface area contributed by atoms with Gasteiger partial charge in [0.2, 0.25) is 0 Å².